The Balaban J connectivity index is 1.74. The topological polar surface area (TPSA) is 0 Å². The van der Waals surface area contributed by atoms with Crippen LogP contribution in [0.2, 0.25) is 0 Å². The first-order chi connectivity index (χ1) is 8.83. The van der Waals surface area contributed by atoms with Gasteiger partial charge in [-0.3, -0.25) is 0 Å². The van der Waals surface area contributed by atoms with E-state index in [1.165, 1.54) is 51.4 Å². The van der Waals surface area contributed by atoms with Crippen LogP contribution < -0.4 is 0 Å². The van der Waals surface area contributed by atoms with E-state index in [2.05, 4.69) is 38.2 Å². The molecule has 0 aromatic carbocycles. The lowest BCUT2D eigenvalue weighted by Gasteiger charge is -2.36. The van der Waals surface area contributed by atoms with E-state index in [0.29, 0.717) is 0 Å². The third kappa shape index (κ3) is 3.73. The van der Waals surface area contributed by atoms with Crippen molar-refractivity contribution in [2.45, 2.75) is 65.2 Å². The Labute approximate surface area is 114 Å². The molecule has 18 heavy (non-hydrogen) atoms. The Kier molecular flexibility index (Phi) is 5.53. The minimum absolute atomic E-state index is 0.894. The lowest BCUT2D eigenvalue weighted by molar-refractivity contribution is 0.166. The smallest absolute Gasteiger partial charge is 0.0233 e. The van der Waals surface area contributed by atoms with Crippen LogP contribution in [0.4, 0.5) is 0 Å². The quantitative estimate of drug-likeness (QED) is 0.556. The van der Waals surface area contributed by atoms with Crippen molar-refractivity contribution in [1.29, 1.82) is 0 Å². The van der Waals surface area contributed by atoms with Crippen LogP contribution in [-0.2, 0) is 0 Å². The van der Waals surface area contributed by atoms with E-state index in [1.807, 2.05) is 0 Å². The molecule has 0 heterocycles. The molecule has 0 N–H and O–H groups in total. The van der Waals surface area contributed by atoms with Crippen LogP contribution in [0, 0.1) is 23.7 Å². The molecular formula is C18H30. The van der Waals surface area contributed by atoms with Gasteiger partial charge in [0.2, 0.25) is 0 Å². The maximum Gasteiger partial charge on any atom is -0.0233 e. The van der Waals surface area contributed by atoms with Crippen molar-refractivity contribution in [3.8, 4) is 0 Å². The number of allylic oxidation sites excluding steroid dienone is 4. The van der Waals surface area contributed by atoms with E-state index in [1.54, 1.807) is 0 Å². The van der Waals surface area contributed by atoms with Crippen LogP contribution in [0.15, 0.2) is 24.3 Å². The van der Waals surface area contributed by atoms with E-state index in [0.717, 1.165) is 23.7 Å². The van der Waals surface area contributed by atoms with Crippen LogP contribution in [0.5, 0.6) is 0 Å². The van der Waals surface area contributed by atoms with Crippen molar-refractivity contribution in [2.75, 3.05) is 0 Å². The molecule has 0 amide bonds. The molecule has 0 nitrogen and oxygen atoms in total. The zero-order chi connectivity index (χ0) is 12.8. The summed E-state index contributed by atoms with van der Waals surface area (Å²) in [6.07, 6.45) is 21.1. The zero-order valence-corrected chi connectivity index (χ0v) is 12.3. The summed E-state index contributed by atoms with van der Waals surface area (Å²) in [6.45, 7) is 4.32. The highest BCUT2D eigenvalue weighted by atomic mass is 14.3. The third-order valence-corrected chi connectivity index (χ3v) is 5.23. The molecule has 0 aromatic heterocycles. The summed E-state index contributed by atoms with van der Waals surface area (Å²) in [7, 11) is 0. The van der Waals surface area contributed by atoms with Gasteiger partial charge in [-0.25, -0.2) is 0 Å². The first kappa shape index (κ1) is 13.9. The molecular weight excluding hydrogens is 216 g/mol. The Hall–Kier alpha value is -0.520. The fourth-order valence-corrected chi connectivity index (χ4v) is 4.16. The number of hydrogen-bond acceptors (Lipinski definition) is 0. The molecule has 102 valence electrons. The molecule has 2 rings (SSSR count). The molecule has 2 aliphatic carbocycles. The molecule has 0 spiro atoms. The Morgan fingerprint density at radius 2 is 0.889 bits per heavy atom. The molecule has 2 aliphatic rings. The van der Waals surface area contributed by atoms with Gasteiger partial charge in [0, 0.05) is 0 Å². The maximum absolute atomic E-state index is 2.43. The molecule has 0 heteroatoms. The summed E-state index contributed by atoms with van der Waals surface area (Å²) in [5.74, 6) is 3.90. The zero-order valence-electron chi connectivity index (χ0n) is 12.3. The van der Waals surface area contributed by atoms with Gasteiger partial charge in [-0.1, -0.05) is 24.3 Å². The SMILES string of the molecule is CC=CC1CCC(C2CCC(C=CC)CC2)CC1. The van der Waals surface area contributed by atoms with Gasteiger partial charge in [0.05, 0.1) is 0 Å². The maximum atomic E-state index is 2.43. The lowest BCUT2D eigenvalue weighted by atomic mass is 9.69. The Bertz CT molecular complexity index is 240. The van der Waals surface area contributed by atoms with Gasteiger partial charge in [-0.15, -0.1) is 0 Å². The Morgan fingerprint density at radius 3 is 1.17 bits per heavy atom. The molecule has 0 saturated heterocycles. The van der Waals surface area contributed by atoms with Crippen LogP contribution in [0.3, 0.4) is 0 Å². The normalized spacial score (nSPS) is 38.6. The van der Waals surface area contributed by atoms with Crippen LogP contribution in [0.25, 0.3) is 0 Å². The van der Waals surface area contributed by atoms with Crippen LogP contribution in [-0.4, -0.2) is 0 Å². The van der Waals surface area contributed by atoms with E-state index in [9.17, 15) is 0 Å². The third-order valence-electron chi connectivity index (χ3n) is 5.23. The summed E-state index contributed by atoms with van der Waals surface area (Å²) in [5, 5.41) is 0. The standard InChI is InChI=1S/C18H30/c1-3-5-15-7-11-17(12-8-15)18-13-9-16(6-4-2)10-14-18/h3-6,15-18H,7-14H2,1-2H3. The summed E-state index contributed by atoms with van der Waals surface area (Å²) >= 11 is 0. The van der Waals surface area contributed by atoms with Crippen LogP contribution in [0.1, 0.15) is 65.2 Å². The highest BCUT2D eigenvalue weighted by Gasteiger charge is 2.29. The van der Waals surface area contributed by atoms with Crippen molar-refractivity contribution >= 4 is 0 Å². The van der Waals surface area contributed by atoms with Gasteiger partial charge < -0.3 is 0 Å². The Morgan fingerprint density at radius 1 is 0.556 bits per heavy atom. The average Bonchev–Trinajstić information content (AvgIpc) is 2.41. The summed E-state index contributed by atoms with van der Waals surface area (Å²) in [6, 6.07) is 0. The van der Waals surface area contributed by atoms with Crippen molar-refractivity contribution < 1.29 is 0 Å². The molecule has 0 aliphatic heterocycles. The van der Waals surface area contributed by atoms with E-state index in [-0.39, 0.29) is 0 Å². The molecule has 2 fully saturated rings. The van der Waals surface area contributed by atoms with Crippen LogP contribution >= 0.6 is 0 Å². The van der Waals surface area contributed by atoms with Crippen molar-refractivity contribution in [3.05, 3.63) is 24.3 Å². The molecule has 0 radical (unpaired) electrons. The fraction of sp³-hybridized carbons (Fsp3) is 0.778. The molecule has 0 bridgehead atoms. The van der Waals surface area contributed by atoms with Gasteiger partial charge >= 0.3 is 0 Å². The van der Waals surface area contributed by atoms with Gasteiger partial charge in [0.15, 0.2) is 0 Å². The monoisotopic (exact) mass is 246 g/mol. The second-order valence-corrected chi connectivity index (χ2v) is 6.40. The minimum Gasteiger partial charge on any atom is -0.0914 e. The summed E-state index contributed by atoms with van der Waals surface area (Å²) in [4.78, 5) is 0. The highest BCUT2D eigenvalue weighted by Crippen LogP contribution is 2.41. The van der Waals surface area contributed by atoms with E-state index < -0.39 is 0 Å². The average molecular weight is 246 g/mol. The highest BCUT2D eigenvalue weighted by molar-refractivity contribution is 4.93. The first-order valence-corrected chi connectivity index (χ1v) is 8.09. The minimum atomic E-state index is 0.894. The number of hydrogen-bond donors (Lipinski definition) is 0. The first-order valence-electron chi connectivity index (χ1n) is 8.09. The second-order valence-electron chi connectivity index (χ2n) is 6.40. The van der Waals surface area contributed by atoms with Gasteiger partial charge in [0.1, 0.15) is 0 Å². The van der Waals surface area contributed by atoms with E-state index >= 15 is 0 Å². The second kappa shape index (κ2) is 7.16. The molecule has 0 unspecified atom stereocenters. The predicted octanol–water partition coefficient (Wildman–Crippen LogP) is 5.75. The fourth-order valence-electron chi connectivity index (χ4n) is 4.16. The largest absolute Gasteiger partial charge is 0.0914 e. The van der Waals surface area contributed by atoms with Crippen molar-refractivity contribution in [1.82, 2.24) is 0 Å². The predicted molar refractivity (Wildman–Crippen MR) is 80.5 cm³/mol. The van der Waals surface area contributed by atoms with Crippen molar-refractivity contribution in [2.24, 2.45) is 23.7 Å². The summed E-state index contributed by atoms with van der Waals surface area (Å²) < 4.78 is 0. The molecule has 2 saturated carbocycles. The van der Waals surface area contributed by atoms with Crippen molar-refractivity contribution in [3.63, 3.8) is 0 Å². The van der Waals surface area contributed by atoms with Gasteiger partial charge in [-0.2, -0.15) is 0 Å². The van der Waals surface area contributed by atoms with Gasteiger partial charge in [-0.05, 0) is 88.9 Å². The van der Waals surface area contributed by atoms with E-state index in [4.69, 9.17) is 0 Å². The molecule has 0 aromatic rings. The number of rotatable bonds is 3. The van der Waals surface area contributed by atoms with Gasteiger partial charge in [0.25, 0.3) is 0 Å². The lowest BCUT2D eigenvalue weighted by Crippen LogP contribution is -2.25. The summed E-state index contributed by atoms with van der Waals surface area (Å²) in [5.41, 5.74) is 0. The molecule has 0 atom stereocenters.